The van der Waals surface area contributed by atoms with Crippen molar-refractivity contribution >= 4 is 0 Å². The Hall–Kier alpha value is -0.0400. The molecule has 0 N–H and O–H groups in total. The van der Waals surface area contributed by atoms with Crippen LogP contribution in [-0.4, -0.2) is 24.5 Å². The third-order valence-corrected chi connectivity index (χ3v) is 3.75. The third kappa shape index (κ3) is 3.68. The summed E-state index contributed by atoms with van der Waals surface area (Å²) in [6.07, 6.45) is 5.71. The monoisotopic (exact) mass is 183 g/mol. The normalized spacial score (nSPS) is 21.9. The first-order valence-electron chi connectivity index (χ1n) is 5.85. The number of nitrogens with zero attached hydrogens (tertiary/aromatic N) is 1. The molecule has 78 valence electrons. The largest absolute Gasteiger partial charge is 0.303 e. The van der Waals surface area contributed by atoms with Crippen LogP contribution in [0.15, 0.2) is 0 Å². The standard InChI is InChI=1S/C12H25N/c1-5-10(2)11(3)13(4)9-8-12-6-7-12/h10-12H,5-9H2,1-4H3. The average molecular weight is 183 g/mol. The molecule has 1 saturated carbocycles. The zero-order valence-corrected chi connectivity index (χ0v) is 9.71. The van der Waals surface area contributed by atoms with Gasteiger partial charge in [0.2, 0.25) is 0 Å². The van der Waals surface area contributed by atoms with Gasteiger partial charge in [0.25, 0.3) is 0 Å². The van der Waals surface area contributed by atoms with E-state index in [2.05, 4.69) is 32.7 Å². The molecule has 0 aromatic carbocycles. The van der Waals surface area contributed by atoms with Crippen molar-refractivity contribution in [3.63, 3.8) is 0 Å². The Kier molecular flexibility index (Phi) is 4.24. The van der Waals surface area contributed by atoms with E-state index >= 15 is 0 Å². The van der Waals surface area contributed by atoms with Gasteiger partial charge in [-0.1, -0.05) is 33.1 Å². The predicted octanol–water partition coefficient (Wildman–Crippen LogP) is 3.15. The molecular formula is C12H25N. The zero-order chi connectivity index (χ0) is 9.84. The molecule has 0 amide bonds. The summed E-state index contributed by atoms with van der Waals surface area (Å²) in [5, 5.41) is 0. The summed E-state index contributed by atoms with van der Waals surface area (Å²) in [4.78, 5) is 2.53. The molecule has 1 aliphatic carbocycles. The van der Waals surface area contributed by atoms with Crippen molar-refractivity contribution in [3.05, 3.63) is 0 Å². The number of hydrogen-bond acceptors (Lipinski definition) is 1. The second-order valence-corrected chi connectivity index (χ2v) is 4.84. The Labute approximate surface area is 83.5 Å². The van der Waals surface area contributed by atoms with Crippen molar-refractivity contribution in [3.8, 4) is 0 Å². The summed E-state index contributed by atoms with van der Waals surface area (Å²) in [5.41, 5.74) is 0. The highest BCUT2D eigenvalue weighted by atomic mass is 15.1. The van der Waals surface area contributed by atoms with E-state index in [1.165, 1.54) is 32.2 Å². The predicted molar refractivity (Wildman–Crippen MR) is 58.9 cm³/mol. The average Bonchev–Trinajstić information content (AvgIpc) is 2.95. The van der Waals surface area contributed by atoms with Crippen LogP contribution in [0.5, 0.6) is 0 Å². The molecule has 1 fully saturated rings. The minimum absolute atomic E-state index is 0.753. The van der Waals surface area contributed by atoms with Crippen molar-refractivity contribution in [2.75, 3.05) is 13.6 Å². The van der Waals surface area contributed by atoms with Crippen LogP contribution in [0.1, 0.15) is 46.5 Å². The summed E-state index contributed by atoms with van der Waals surface area (Å²) in [6, 6.07) is 0.753. The van der Waals surface area contributed by atoms with Crippen molar-refractivity contribution in [2.24, 2.45) is 11.8 Å². The summed E-state index contributed by atoms with van der Waals surface area (Å²) >= 11 is 0. The molecular weight excluding hydrogens is 158 g/mol. The van der Waals surface area contributed by atoms with Crippen LogP contribution in [0.3, 0.4) is 0 Å². The van der Waals surface area contributed by atoms with Crippen LogP contribution in [0.4, 0.5) is 0 Å². The molecule has 0 saturated heterocycles. The van der Waals surface area contributed by atoms with E-state index in [4.69, 9.17) is 0 Å². The fourth-order valence-electron chi connectivity index (χ4n) is 1.77. The third-order valence-electron chi connectivity index (χ3n) is 3.75. The van der Waals surface area contributed by atoms with Crippen LogP contribution >= 0.6 is 0 Å². The van der Waals surface area contributed by atoms with Gasteiger partial charge in [0.15, 0.2) is 0 Å². The molecule has 0 spiro atoms. The maximum absolute atomic E-state index is 2.53. The fraction of sp³-hybridized carbons (Fsp3) is 1.00. The van der Waals surface area contributed by atoms with Crippen molar-refractivity contribution in [1.29, 1.82) is 0 Å². The molecule has 0 aromatic heterocycles. The molecule has 1 nitrogen and oxygen atoms in total. The van der Waals surface area contributed by atoms with Crippen LogP contribution in [0.2, 0.25) is 0 Å². The van der Waals surface area contributed by atoms with Gasteiger partial charge < -0.3 is 4.90 Å². The van der Waals surface area contributed by atoms with Crippen molar-refractivity contribution in [1.82, 2.24) is 4.90 Å². The zero-order valence-electron chi connectivity index (χ0n) is 9.71. The minimum Gasteiger partial charge on any atom is -0.303 e. The lowest BCUT2D eigenvalue weighted by Crippen LogP contribution is -2.35. The lowest BCUT2D eigenvalue weighted by atomic mass is 9.99. The van der Waals surface area contributed by atoms with E-state index < -0.39 is 0 Å². The molecule has 0 aliphatic heterocycles. The second kappa shape index (κ2) is 4.99. The number of hydrogen-bond donors (Lipinski definition) is 0. The maximum atomic E-state index is 2.53. The molecule has 13 heavy (non-hydrogen) atoms. The quantitative estimate of drug-likeness (QED) is 0.611. The molecule has 0 aromatic rings. The van der Waals surface area contributed by atoms with Crippen molar-refractivity contribution in [2.45, 2.75) is 52.5 Å². The summed E-state index contributed by atoms with van der Waals surface area (Å²) in [5.74, 6) is 1.91. The molecule has 1 rings (SSSR count). The van der Waals surface area contributed by atoms with Gasteiger partial charge in [-0.05, 0) is 38.8 Å². The van der Waals surface area contributed by atoms with E-state index in [0.717, 1.165) is 17.9 Å². The molecule has 0 heterocycles. The smallest absolute Gasteiger partial charge is 0.00894 e. The maximum Gasteiger partial charge on any atom is 0.00894 e. The fourth-order valence-corrected chi connectivity index (χ4v) is 1.77. The lowest BCUT2D eigenvalue weighted by Gasteiger charge is -2.29. The summed E-state index contributed by atoms with van der Waals surface area (Å²) < 4.78 is 0. The topological polar surface area (TPSA) is 3.24 Å². The van der Waals surface area contributed by atoms with E-state index in [1.807, 2.05) is 0 Å². The summed E-state index contributed by atoms with van der Waals surface area (Å²) in [6.45, 7) is 8.31. The Bertz CT molecular complexity index is 140. The molecule has 2 atom stereocenters. The Morgan fingerprint density at radius 2 is 1.92 bits per heavy atom. The molecule has 0 bridgehead atoms. The Balaban J connectivity index is 2.15. The van der Waals surface area contributed by atoms with Gasteiger partial charge in [-0.25, -0.2) is 0 Å². The van der Waals surface area contributed by atoms with Gasteiger partial charge in [-0.2, -0.15) is 0 Å². The van der Waals surface area contributed by atoms with Gasteiger partial charge in [-0.15, -0.1) is 0 Å². The van der Waals surface area contributed by atoms with E-state index in [1.54, 1.807) is 0 Å². The first-order valence-corrected chi connectivity index (χ1v) is 5.85. The van der Waals surface area contributed by atoms with Gasteiger partial charge in [0.05, 0.1) is 0 Å². The van der Waals surface area contributed by atoms with E-state index in [0.29, 0.717) is 0 Å². The highest BCUT2D eigenvalue weighted by Crippen LogP contribution is 2.32. The van der Waals surface area contributed by atoms with Gasteiger partial charge in [-0.3, -0.25) is 0 Å². The molecule has 1 heteroatoms. The number of rotatable bonds is 6. The molecule has 1 aliphatic rings. The van der Waals surface area contributed by atoms with Gasteiger partial charge in [0.1, 0.15) is 0 Å². The highest BCUT2D eigenvalue weighted by Gasteiger charge is 2.23. The SMILES string of the molecule is CCC(C)C(C)N(C)CCC1CC1. The van der Waals surface area contributed by atoms with E-state index in [9.17, 15) is 0 Å². The van der Waals surface area contributed by atoms with Crippen LogP contribution in [0.25, 0.3) is 0 Å². The van der Waals surface area contributed by atoms with E-state index in [-0.39, 0.29) is 0 Å². The van der Waals surface area contributed by atoms with Gasteiger partial charge >= 0.3 is 0 Å². The lowest BCUT2D eigenvalue weighted by molar-refractivity contribution is 0.191. The van der Waals surface area contributed by atoms with Gasteiger partial charge in [0, 0.05) is 6.04 Å². The first-order chi connectivity index (χ1) is 6.15. The first kappa shape index (κ1) is 11.0. The highest BCUT2D eigenvalue weighted by molar-refractivity contribution is 4.76. The Morgan fingerprint density at radius 1 is 1.31 bits per heavy atom. The minimum atomic E-state index is 0.753. The van der Waals surface area contributed by atoms with Crippen LogP contribution in [-0.2, 0) is 0 Å². The Morgan fingerprint density at radius 3 is 2.38 bits per heavy atom. The van der Waals surface area contributed by atoms with Crippen molar-refractivity contribution < 1.29 is 0 Å². The molecule has 2 unspecified atom stereocenters. The summed E-state index contributed by atoms with van der Waals surface area (Å²) in [7, 11) is 2.28. The molecule has 0 radical (unpaired) electrons. The van der Waals surface area contributed by atoms with Crippen LogP contribution in [0, 0.1) is 11.8 Å². The van der Waals surface area contributed by atoms with Crippen LogP contribution < -0.4 is 0 Å². The second-order valence-electron chi connectivity index (χ2n) is 4.84.